The van der Waals surface area contributed by atoms with Gasteiger partial charge in [0.1, 0.15) is 115 Å². The van der Waals surface area contributed by atoms with Crippen molar-refractivity contribution < 1.29 is 94.7 Å². The SMILES string of the molecule is COc1cc2c(OC)cc1Cc1cc(OC)c(cc1OC)Cc1cc(OC)c(cc1OC)Cc1cc(OC)c(cc1OCCSSCCOc1cc3c(OC)cc1Cc1cc(OC)c(cc1OC)Cc1cc(OC)c(cc1OC)Cc1cc(OC)c(cc1OC)Cc1cc(OC)c(cc1OC)C3)Cc1cc(OC)c(cc1OC)C2. The van der Waals surface area contributed by atoms with Gasteiger partial charge in [0.15, 0.2) is 0 Å². The lowest BCUT2D eigenvalue weighted by Gasteiger charge is -2.21. The summed E-state index contributed by atoms with van der Waals surface area (Å²) in [5.41, 5.74) is 17.8. The van der Waals surface area contributed by atoms with E-state index in [2.05, 4.69) is 24.3 Å². The maximum Gasteiger partial charge on any atom is 0.123 e. The van der Waals surface area contributed by atoms with E-state index in [-0.39, 0.29) is 0 Å². The molecular weight excluding hydrogens is 1490 g/mol. The zero-order chi connectivity index (χ0) is 80.7. The van der Waals surface area contributed by atoms with Crippen molar-refractivity contribution in [1.82, 2.24) is 0 Å². The lowest BCUT2D eigenvalue weighted by molar-refractivity contribution is 0.337. The molecule has 602 valence electrons. The number of hydrogen-bond donors (Lipinski definition) is 0. The third-order valence-corrected chi connectivity index (χ3v) is 23.5. The Bertz CT molecular complexity index is 4770. The van der Waals surface area contributed by atoms with Crippen molar-refractivity contribution >= 4 is 21.6 Å². The van der Waals surface area contributed by atoms with Crippen LogP contribution in [0.2, 0.25) is 0 Å². The third kappa shape index (κ3) is 18.1. The van der Waals surface area contributed by atoms with Gasteiger partial charge in [-0.25, -0.2) is 0 Å². The summed E-state index contributed by atoms with van der Waals surface area (Å²) in [7, 11) is 33.6. The van der Waals surface area contributed by atoms with Gasteiger partial charge in [0.2, 0.25) is 0 Å². The van der Waals surface area contributed by atoms with Crippen LogP contribution >= 0.6 is 21.6 Å². The van der Waals surface area contributed by atoms with Gasteiger partial charge in [-0.05, 0) is 121 Å². The molecule has 0 radical (unpaired) electrons. The van der Waals surface area contributed by atoms with E-state index >= 15 is 0 Å². The normalized spacial score (nSPS) is 12.3. The summed E-state index contributed by atoms with van der Waals surface area (Å²) in [5.74, 6) is 14.9. The van der Waals surface area contributed by atoms with Crippen molar-refractivity contribution in [1.29, 1.82) is 0 Å². The van der Waals surface area contributed by atoms with Gasteiger partial charge in [0.25, 0.3) is 0 Å². The first-order valence-corrected chi connectivity index (χ1v) is 39.9. The fraction of sp³-hybridized carbons (Fsp3) is 0.348. The second-order valence-electron chi connectivity index (χ2n) is 27.5. The smallest absolute Gasteiger partial charge is 0.123 e. The molecule has 0 aromatic heterocycles. The largest absolute Gasteiger partial charge is 0.496 e. The first kappa shape index (κ1) is 82.4. The zero-order valence-corrected chi connectivity index (χ0v) is 70.1. The molecule has 0 unspecified atom stereocenters. The Hall–Kier alpha value is -11.1. The van der Waals surface area contributed by atoms with Gasteiger partial charge in [0, 0.05) is 187 Å². The molecule has 0 atom stereocenters. The summed E-state index contributed by atoms with van der Waals surface area (Å²) in [4.78, 5) is 0. The molecule has 20 nitrogen and oxygen atoms in total. The molecule has 10 aromatic rings. The summed E-state index contributed by atoms with van der Waals surface area (Å²) in [6.07, 6.45) is 4.36. The van der Waals surface area contributed by atoms with Crippen LogP contribution in [0.3, 0.4) is 0 Å². The molecule has 114 heavy (non-hydrogen) atoms. The van der Waals surface area contributed by atoms with Crippen LogP contribution in [0.5, 0.6) is 115 Å². The van der Waals surface area contributed by atoms with E-state index in [9.17, 15) is 0 Å². The monoisotopic (exact) mass is 1590 g/mol. The molecule has 20 aliphatic carbocycles. The van der Waals surface area contributed by atoms with E-state index in [1.54, 1.807) is 150 Å². The van der Waals surface area contributed by atoms with Gasteiger partial charge in [0.05, 0.1) is 141 Å². The Balaban J connectivity index is 0.854. The molecule has 0 aliphatic heterocycles. The van der Waals surface area contributed by atoms with Crippen molar-refractivity contribution in [2.24, 2.45) is 0 Å². The number of hydrogen-bond acceptors (Lipinski definition) is 22. The van der Waals surface area contributed by atoms with Crippen LogP contribution in [0.25, 0.3) is 0 Å². The summed E-state index contributed by atoms with van der Waals surface area (Å²) in [5, 5.41) is 0. The van der Waals surface area contributed by atoms with Crippen molar-refractivity contribution in [2.45, 2.75) is 64.2 Å². The van der Waals surface area contributed by atoms with Gasteiger partial charge in [-0.15, -0.1) is 0 Å². The Morgan fingerprint density at radius 2 is 0.237 bits per heavy atom. The topological polar surface area (TPSA) is 185 Å². The first-order valence-electron chi connectivity index (χ1n) is 37.4. The first-order chi connectivity index (χ1) is 55.6. The van der Waals surface area contributed by atoms with Crippen molar-refractivity contribution in [2.75, 3.05) is 153 Å². The summed E-state index contributed by atoms with van der Waals surface area (Å²) >= 11 is 0. The summed E-state index contributed by atoms with van der Waals surface area (Å²) < 4.78 is 125. The van der Waals surface area contributed by atoms with Crippen molar-refractivity contribution in [3.05, 3.63) is 233 Å². The zero-order valence-electron chi connectivity index (χ0n) is 68.4. The van der Waals surface area contributed by atoms with Gasteiger partial charge < -0.3 is 94.7 Å². The molecule has 0 fully saturated rings. The standard InChI is InChI=1S/C92H102O20S2/c1-93-73-37-57-25-61-41-83(103-11)65(45-81(61)101-9)29-69-51-91(71(49-89(69)109-17)31-67-47-85(105-13)63(43-87(67)107-15)27-59-39-77(97-5)55(35-79(59)99-7)23-53(73)33-75(57)95-3)111-19-21-113-114-22-20-112-92-52-70-30-66-46-82(102-10)62(42-84(66)104-12)26-58-38-74(94-2)54(34-76(58)96-4)24-56-36-80(100-8)60(40-78(56)98-6)28-64-44-88(108-16)68(48-86(64)106-14)32-72(92)50-90(70)110-18/h33-52H,19-32H2,1-18H3. The van der Waals surface area contributed by atoms with Crippen molar-refractivity contribution in [3.63, 3.8) is 0 Å². The van der Waals surface area contributed by atoms with Crippen LogP contribution in [-0.4, -0.2) is 153 Å². The minimum absolute atomic E-state index is 0.372. The Labute approximate surface area is 677 Å². The Kier molecular flexibility index (Phi) is 27.6. The lowest BCUT2D eigenvalue weighted by Crippen LogP contribution is -2.08. The third-order valence-electron chi connectivity index (χ3n) is 21.1. The maximum atomic E-state index is 6.96. The van der Waals surface area contributed by atoms with E-state index in [0.29, 0.717) is 204 Å². The number of ether oxygens (including phenoxy) is 20. The quantitative estimate of drug-likeness (QED) is 0.0349. The van der Waals surface area contributed by atoms with Gasteiger partial charge in [-0.1, -0.05) is 21.6 Å². The molecule has 0 amide bonds. The van der Waals surface area contributed by atoms with E-state index in [4.69, 9.17) is 94.7 Å². The minimum atomic E-state index is 0.372. The van der Waals surface area contributed by atoms with Crippen LogP contribution in [0.4, 0.5) is 0 Å². The van der Waals surface area contributed by atoms with Crippen LogP contribution in [0.1, 0.15) is 111 Å². The molecule has 20 aliphatic rings. The molecule has 22 heteroatoms. The van der Waals surface area contributed by atoms with Gasteiger partial charge in [-0.3, -0.25) is 0 Å². The van der Waals surface area contributed by atoms with Crippen LogP contribution in [0, 0.1) is 0 Å². The molecule has 20 bridgehead atoms. The van der Waals surface area contributed by atoms with Crippen LogP contribution in [0.15, 0.2) is 121 Å². The molecule has 0 saturated carbocycles. The highest BCUT2D eigenvalue weighted by atomic mass is 33.1. The fourth-order valence-electron chi connectivity index (χ4n) is 15.4. The number of rotatable bonds is 27. The highest BCUT2D eigenvalue weighted by molar-refractivity contribution is 8.76. The molecule has 30 rings (SSSR count). The van der Waals surface area contributed by atoms with Crippen LogP contribution < -0.4 is 94.7 Å². The molecule has 0 N–H and O–H groups in total. The highest BCUT2D eigenvalue weighted by Crippen LogP contribution is 2.47. The molecule has 0 heterocycles. The molecule has 0 saturated heterocycles. The molecule has 0 spiro atoms. The average Bonchev–Trinajstić information content (AvgIpc) is 1.08. The molecular formula is C92H102O20S2. The Morgan fingerprint density at radius 1 is 0.149 bits per heavy atom. The predicted octanol–water partition coefficient (Wildman–Crippen LogP) is 17.2. The van der Waals surface area contributed by atoms with E-state index in [0.717, 1.165) is 111 Å². The average molecular weight is 1590 g/mol. The number of benzene rings is 10. The predicted molar refractivity (Wildman–Crippen MR) is 446 cm³/mol. The second kappa shape index (κ2) is 38.2. The highest BCUT2D eigenvalue weighted by Gasteiger charge is 2.28. The lowest BCUT2D eigenvalue weighted by atomic mass is 9.94. The fourth-order valence-corrected chi connectivity index (χ4v) is 17.1. The Morgan fingerprint density at radius 3 is 0.333 bits per heavy atom. The van der Waals surface area contributed by atoms with E-state index in [1.165, 1.54) is 0 Å². The van der Waals surface area contributed by atoms with Crippen molar-refractivity contribution in [3.8, 4) is 115 Å². The maximum absolute atomic E-state index is 6.96. The molecule has 10 aromatic carbocycles. The van der Waals surface area contributed by atoms with Gasteiger partial charge >= 0.3 is 0 Å². The van der Waals surface area contributed by atoms with Gasteiger partial charge in [-0.2, -0.15) is 0 Å². The van der Waals surface area contributed by atoms with E-state index in [1.807, 2.05) is 97.1 Å². The minimum Gasteiger partial charge on any atom is -0.496 e. The summed E-state index contributed by atoms with van der Waals surface area (Å²) in [6, 6.07) is 40.8. The van der Waals surface area contributed by atoms with Crippen LogP contribution in [-0.2, 0) is 64.2 Å². The van der Waals surface area contributed by atoms with E-state index < -0.39 is 0 Å². The summed E-state index contributed by atoms with van der Waals surface area (Å²) in [6.45, 7) is 0.744. The second-order valence-corrected chi connectivity index (χ2v) is 30.2. The number of methoxy groups -OCH3 is 18.